The molecule has 0 amide bonds. The van der Waals surface area contributed by atoms with Crippen molar-refractivity contribution >= 4 is 10.1 Å². The first-order valence-corrected chi connectivity index (χ1v) is 13.5. The standard InChI is InChI=1S/C23H48O4S/c1-3-4-5-6-7-8-9-10-14-17-20-23(24)21-18-15-12-11-13-16-19-22(2)28(25,26)27/h22-24H,3-21H2,1-2H3,(H,25,26,27). The van der Waals surface area contributed by atoms with Crippen molar-refractivity contribution in [2.75, 3.05) is 0 Å². The smallest absolute Gasteiger partial charge is 0.267 e. The quantitative estimate of drug-likeness (QED) is 0.154. The van der Waals surface area contributed by atoms with Crippen LogP contribution in [0.15, 0.2) is 0 Å². The van der Waals surface area contributed by atoms with Gasteiger partial charge in [0.1, 0.15) is 0 Å². The number of hydrogen-bond acceptors (Lipinski definition) is 3. The van der Waals surface area contributed by atoms with Crippen molar-refractivity contribution in [2.24, 2.45) is 0 Å². The van der Waals surface area contributed by atoms with Gasteiger partial charge in [-0.2, -0.15) is 8.42 Å². The first kappa shape index (κ1) is 27.9. The Morgan fingerprint density at radius 3 is 1.29 bits per heavy atom. The highest BCUT2D eigenvalue weighted by molar-refractivity contribution is 7.86. The van der Waals surface area contributed by atoms with E-state index in [0.717, 1.165) is 57.8 Å². The summed E-state index contributed by atoms with van der Waals surface area (Å²) in [6.07, 6.45) is 22.0. The molecule has 2 N–H and O–H groups in total. The van der Waals surface area contributed by atoms with E-state index in [-0.39, 0.29) is 6.10 Å². The predicted octanol–water partition coefficient (Wildman–Crippen LogP) is 7.06. The molecule has 0 bridgehead atoms. The lowest BCUT2D eigenvalue weighted by atomic mass is 10.0. The van der Waals surface area contributed by atoms with Gasteiger partial charge in [-0.3, -0.25) is 4.55 Å². The summed E-state index contributed by atoms with van der Waals surface area (Å²) >= 11 is 0. The van der Waals surface area contributed by atoms with E-state index in [2.05, 4.69) is 6.92 Å². The molecule has 0 aliphatic carbocycles. The molecule has 2 unspecified atom stereocenters. The second-order valence-electron chi connectivity index (χ2n) is 8.65. The van der Waals surface area contributed by atoms with Crippen LogP contribution >= 0.6 is 0 Å². The van der Waals surface area contributed by atoms with E-state index in [4.69, 9.17) is 4.55 Å². The van der Waals surface area contributed by atoms with Crippen molar-refractivity contribution in [3.8, 4) is 0 Å². The molecule has 0 fully saturated rings. The average molecular weight is 421 g/mol. The maximum Gasteiger partial charge on any atom is 0.267 e. The number of aliphatic hydroxyl groups is 1. The van der Waals surface area contributed by atoms with E-state index in [1.807, 2.05) is 0 Å². The van der Waals surface area contributed by atoms with Gasteiger partial charge in [-0.25, -0.2) is 0 Å². The summed E-state index contributed by atoms with van der Waals surface area (Å²) in [5, 5.41) is 9.42. The van der Waals surface area contributed by atoms with Crippen LogP contribution in [0.4, 0.5) is 0 Å². The minimum absolute atomic E-state index is 0.135. The van der Waals surface area contributed by atoms with Crippen LogP contribution in [0.3, 0.4) is 0 Å². The average Bonchev–Trinajstić information content (AvgIpc) is 2.64. The third-order valence-electron chi connectivity index (χ3n) is 5.80. The van der Waals surface area contributed by atoms with Crippen LogP contribution in [-0.4, -0.2) is 29.4 Å². The summed E-state index contributed by atoms with van der Waals surface area (Å²) in [7, 11) is -3.86. The largest absolute Gasteiger partial charge is 0.393 e. The molecule has 170 valence electrons. The van der Waals surface area contributed by atoms with Gasteiger partial charge in [-0.15, -0.1) is 0 Å². The highest BCUT2D eigenvalue weighted by Gasteiger charge is 2.15. The lowest BCUT2D eigenvalue weighted by Crippen LogP contribution is -2.16. The zero-order valence-electron chi connectivity index (χ0n) is 18.7. The fraction of sp³-hybridized carbons (Fsp3) is 1.00. The molecule has 0 aromatic rings. The minimum atomic E-state index is -3.86. The van der Waals surface area contributed by atoms with E-state index < -0.39 is 15.4 Å². The second kappa shape index (κ2) is 18.9. The number of hydrogen-bond donors (Lipinski definition) is 2. The minimum Gasteiger partial charge on any atom is -0.393 e. The molecule has 28 heavy (non-hydrogen) atoms. The van der Waals surface area contributed by atoms with Crippen LogP contribution in [0.25, 0.3) is 0 Å². The van der Waals surface area contributed by atoms with E-state index >= 15 is 0 Å². The van der Waals surface area contributed by atoms with Crippen LogP contribution in [0.5, 0.6) is 0 Å². The number of unbranched alkanes of at least 4 members (excludes halogenated alkanes) is 14. The summed E-state index contributed by atoms with van der Waals surface area (Å²) < 4.78 is 30.7. The van der Waals surface area contributed by atoms with E-state index in [1.54, 1.807) is 6.92 Å². The Labute approximate surface area is 175 Å². The van der Waals surface area contributed by atoms with Crippen molar-refractivity contribution in [1.29, 1.82) is 0 Å². The lowest BCUT2D eigenvalue weighted by Gasteiger charge is -2.10. The fourth-order valence-electron chi connectivity index (χ4n) is 3.68. The Morgan fingerprint density at radius 1 is 0.607 bits per heavy atom. The van der Waals surface area contributed by atoms with E-state index in [1.165, 1.54) is 57.8 Å². The molecule has 4 nitrogen and oxygen atoms in total. The first-order chi connectivity index (χ1) is 13.4. The van der Waals surface area contributed by atoms with Gasteiger partial charge in [0, 0.05) is 0 Å². The van der Waals surface area contributed by atoms with Crippen LogP contribution < -0.4 is 0 Å². The number of rotatable bonds is 21. The molecule has 0 saturated heterocycles. The molecule has 0 saturated carbocycles. The Hall–Kier alpha value is -0.130. The van der Waals surface area contributed by atoms with Crippen LogP contribution in [-0.2, 0) is 10.1 Å². The normalized spacial score (nSPS) is 14.3. The first-order valence-electron chi connectivity index (χ1n) is 12.0. The zero-order chi connectivity index (χ0) is 21.1. The molecule has 0 aromatic carbocycles. The molecular weight excluding hydrogens is 372 g/mol. The number of aliphatic hydroxyl groups excluding tert-OH is 1. The Morgan fingerprint density at radius 2 is 0.929 bits per heavy atom. The maximum absolute atomic E-state index is 10.9. The van der Waals surface area contributed by atoms with Gasteiger partial charge in [-0.05, 0) is 26.2 Å². The lowest BCUT2D eigenvalue weighted by molar-refractivity contribution is 0.147. The Balaban J connectivity index is 3.28. The van der Waals surface area contributed by atoms with Gasteiger partial charge in [0.05, 0.1) is 11.4 Å². The zero-order valence-corrected chi connectivity index (χ0v) is 19.5. The van der Waals surface area contributed by atoms with Crippen molar-refractivity contribution in [1.82, 2.24) is 0 Å². The van der Waals surface area contributed by atoms with Crippen LogP contribution in [0.2, 0.25) is 0 Å². The molecule has 0 spiro atoms. The third-order valence-corrected chi connectivity index (χ3v) is 7.05. The molecule has 0 aliphatic rings. The molecular formula is C23H48O4S. The van der Waals surface area contributed by atoms with Gasteiger partial charge in [-0.1, -0.05) is 110 Å². The highest BCUT2D eigenvalue weighted by Crippen LogP contribution is 2.16. The van der Waals surface area contributed by atoms with Crippen LogP contribution in [0, 0.1) is 0 Å². The van der Waals surface area contributed by atoms with Crippen molar-refractivity contribution in [2.45, 2.75) is 147 Å². The van der Waals surface area contributed by atoms with Gasteiger partial charge in [0.25, 0.3) is 10.1 Å². The third kappa shape index (κ3) is 19.2. The highest BCUT2D eigenvalue weighted by atomic mass is 32.2. The fourth-order valence-corrected chi connectivity index (χ4v) is 4.14. The molecule has 2 atom stereocenters. The summed E-state index contributed by atoms with van der Waals surface area (Å²) in [5.74, 6) is 0. The summed E-state index contributed by atoms with van der Waals surface area (Å²) in [5.41, 5.74) is 0. The van der Waals surface area contributed by atoms with E-state index in [0.29, 0.717) is 6.42 Å². The summed E-state index contributed by atoms with van der Waals surface area (Å²) in [4.78, 5) is 0. The van der Waals surface area contributed by atoms with Gasteiger partial charge >= 0.3 is 0 Å². The Kier molecular flexibility index (Phi) is 18.8. The summed E-state index contributed by atoms with van der Waals surface area (Å²) in [6, 6.07) is 0. The molecule has 0 aromatic heterocycles. The van der Waals surface area contributed by atoms with Crippen molar-refractivity contribution in [3.63, 3.8) is 0 Å². The molecule has 0 rings (SSSR count). The maximum atomic E-state index is 10.9. The summed E-state index contributed by atoms with van der Waals surface area (Å²) in [6.45, 7) is 3.82. The van der Waals surface area contributed by atoms with E-state index in [9.17, 15) is 13.5 Å². The van der Waals surface area contributed by atoms with Crippen molar-refractivity contribution < 1.29 is 18.1 Å². The molecule has 0 aliphatic heterocycles. The monoisotopic (exact) mass is 420 g/mol. The SMILES string of the molecule is CCCCCCCCCCCCC(O)CCCCCCCCC(C)S(=O)(=O)O. The molecule has 0 heterocycles. The Bertz CT molecular complexity index is 422. The van der Waals surface area contributed by atoms with Crippen LogP contribution in [0.1, 0.15) is 136 Å². The van der Waals surface area contributed by atoms with Gasteiger partial charge in [0.2, 0.25) is 0 Å². The van der Waals surface area contributed by atoms with Gasteiger partial charge in [0.15, 0.2) is 0 Å². The predicted molar refractivity (Wildman–Crippen MR) is 120 cm³/mol. The van der Waals surface area contributed by atoms with Crippen molar-refractivity contribution in [3.05, 3.63) is 0 Å². The topological polar surface area (TPSA) is 74.6 Å². The molecule has 5 heteroatoms. The van der Waals surface area contributed by atoms with Gasteiger partial charge < -0.3 is 5.11 Å². The molecule has 0 radical (unpaired) electrons. The second-order valence-corrected chi connectivity index (χ2v) is 10.5.